The summed E-state index contributed by atoms with van der Waals surface area (Å²) >= 11 is 12.5. The number of hydrogen-bond acceptors (Lipinski definition) is 4. The summed E-state index contributed by atoms with van der Waals surface area (Å²) in [5.41, 5.74) is 1.02. The minimum atomic E-state index is -0.355. The summed E-state index contributed by atoms with van der Waals surface area (Å²) in [6, 6.07) is 7.10. The van der Waals surface area contributed by atoms with E-state index >= 15 is 0 Å². The van der Waals surface area contributed by atoms with E-state index < -0.39 is 0 Å². The molecular formula is C15H11Cl2N5O. The maximum atomic E-state index is 12.4. The van der Waals surface area contributed by atoms with Gasteiger partial charge >= 0.3 is 0 Å². The third-order valence-corrected chi connectivity index (χ3v) is 4.18. The first-order chi connectivity index (χ1) is 11.0. The molecule has 0 saturated heterocycles. The van der Waals surface area contributed by atoms with Crippen molar-refractivity contribution in [2.24, 2.45) is 0 Å². The molecule has 23 heavy (non-hydrogen) atoms. The Hall–Kier alpha value is -2.36. The molecule has 3 rings (SSSR count). The van der Waals surface area contributed by atoms with Crippen LogP contribution in [0.5, 0.6) is 0 Å². The van der Waals surface area contributed by atoms with Gasteiger partial charge in [-0.15, -0.1) is 0 Å². The molecule has 0 atom stereocenters. The van der Waals surface area contributed by atoms with Crippen LogP contribution in [0, 0.1) is 18.3 Å². The zero-order chi connectivity index (χ0) is 16.7. The molecule has 0 saturated carbocycles. The van der Waals surface area contributed by atoms with Crippen LogP contribution < -0.4 is 5.56 Å². The van der Waals surface area contributed by atoms with Crippen molar-refractivity contribution in [3.63, 3.8) is 0 Å². The van der Waals surface area contributed by atoms with Crippen LogP contribution in [0.1, 0.15) is 18.3 Å². The van der Waals surface area contributed by atoms with E-state index in [4.69, 9.17) is 23.2 Å². The molecule has 3 aromatic rings. The standard InChI is InChI=1S/C15H11Cl2N5O/c1-3-21-15(23)13-12(11(7-18)19-21)8(2)22(20-13)14-9(16)5-4-6-10(14)17/h4-6H,3H2,1-2H3. The molecule has 0 spiro atoms. The Balaban J connectivity index is 2.47. The molecule has 0 fully saturated rings. The number of aromatic nitrogens is 4. The number of para-hydroxylation sites is 1. The SMILES string of the molecule is CCn1nc(C#N)c2c(C)n(-c3c(Cl)cccc3Cl)nc2c1=O. The fraction of sp³-hybridized carbons (Fsp3) is 0.200. The average molecular weight is 348 g/mol. The molecule has 1 aromatic carbocycles. The monoisotopic (exact) mass is 347 g/mol. The van der Waals surface area contributed by atoms with Crippen molar-refractivity contribution < 1.29 is 0 Å². The molecule has 0 aliphatic carbocycles. The lowest BCUT2D eigenvalue weighted by Gasteiger charge is -2.08. The van der Waals surface area contributed by atoms with Crippen LogP contribution in [0.3, 0.4) is 0 Å². The van der Waals surface area contributed by atoms with E-state index in [-0.39, 0.29) is 16.8 Å². The van der Waals surface area contributed by atoms with Gasteiger partial charge in [0.1, 0.15) is 11.8 Å². The molecule has 0 bridgehead atoms. The normalized spacial score (nSPS) is 10.9. The molecule has 0 aliphatic rings. The van der Waals surface area contributed by atoms with Crippen molar-refractivity contribution in [1.29, 1.82) is 5.26 Å². The summed E-state index contributed by atoms with van der Waals surface area (Å²) in [6.45, 7) is 3.87. The largest absolute Gasteiger partial charge is 0.295 e. The zero-order valence-electron chi connectivity index (χ0n) is 12.3. The molecule has 8 heteroatoms. The van der Waals surface area contributed by atoms with Crippen LogP contribution in [0.4, 0.5) is 0 Å². The molecule has 0 amide bonds. The van der Waals surface area contributed by atoms with E-state index in [2.05, 4.69) is 10.2 Å². The predicted molar refractivity (Wildman–Crippen MR) is 88.3 cm³/mol. The van der Waals surface area contributed by atoms with Gasteiger partial charge in [0.25, 0.3) is 5.56 Å². The van der Waals surface area contributed by atoms with Gasteiger partial charge in [0.15, 0.2) is 11.2 Å². The number of nitriles is 1. The summed E-state index contributed by atoms with van der Waals surface area (Å²) < 4.78 is 2.70. The number of halogens is 2. The Labute approximate surface area is 141 Å². The number of aryl methyl sites for hydroxylation is 2. The van der Waals surface area contributed by atoms with Crippen molar-refractivity contribution in [3.05, 3.63) is 50.0 Å². The van der Waals surface area contributed by atoms with Crippen molar-refractivity contribution in [2.75, 3.05) is 0 Å². The summed E-state index contributed by atoms with van der Waals surface area (Å²) in [7, 11) is 0. The number of rotatable bonds is 2. The smallest absolute Gasteiger partial charge is 0.265 e. The molecule has 2 aromatic heterocycles. The zero-order valence-corrected chi connectivity index (χ0v) is 13.9. The summed E-state index contributed by atoms with van der Waals surface area (Å²) in [4.78, 5) is 12.4. The lowest BCUT2D eigenvalue weighted by molar-refractivity contribution is 0.618. The van der Waals surface area contributed by atoms with Gasteiger partial charge < -0.3 is 0 Å². The highest BCUT2D eigenvalue weighted by molar-refractivity contribution is 6.37. The molecule has 0 aliphatic heterocycles. The third-order valence-electron chi connectivity index (χ3n) is 3.57. The highest BCUT2D eigenvalue weighted by atomic mass is 35.5. The Morgan fingerprint density at radius 2 is 1.91 bits per heavy atom. The second kappa shape index (κ2) is 5.69. The summed E-state index contributed by atoms with van der Waals surface area (Å²) in [6.07, 6.45) is 0. The minimum absolute atomic E-state index is 0.147. The summed E-state index contributed by atoms with van der Waals surface area (Å²) in [5, 5.41) is 19.0. The van der Waals surface area contributed by atoms with Crippen LogP contribution >= 0.6 is 23.2 Å². The van der Waals surface area contributed by atoms with Crippen LogP contribution in [0.2, 0.25) is 10.0 Å². The van der Waals surface area contributed by atoms with Gasteiger partial charge in [0.05, 0.1) is 21.1 Å². The van der Waals surface area contributed by atoms with E-state index in [0.29, 0.717) is 33.4 Å². The average Bonchev–Trinajstić information content (AvgIpc) is 2.86. The molecule has 0 unspecified atom stereocenters. The Morgan fingerprint density at radius 1 is 1.26 bits per heavy atom. The molecular weight excluding hydrogens is 337 g/mol. The fourth-order valence-corrected chi connectivity index (χ4v) is 3.03. The van der Waals surface area contributed by atoms with Gasteiger partial charge in [0, 0.05) is 6.54 Å². The molecule has 2 heterocycles. The van der Waals surface area contributed by atoms with Crippen molar-refractivity contribution in [3.8, 4) is 11.8 Å². The van der Waals surface area contributed by atoms with Crippen LogP contribution in [-0.2, 0) is 6.54 Å². The quantitative estimate of drug-likeness (QED) is 0.713. The molecule has 0 N–H and O–H groups in total. The molecule has 0 radical (unpaired) electrons. The van der Waals surface area contributed by atoms with E-state index in [9.17, 15) is 10.1 Å². The first-order valence-electron chi connectivity index (χ1n) is 6.84. The minimum Gasteiger partial charge on any atom is -0.265 e. The van der Waals surface area contributed by atoms with Gasteiger partial charge in [-0.3, -0.25) is 4.79 Å². The number of fused-ring (bicyclic) bond motifs is 1. The highest BCUT2D eigenvalue weighted by Crippen LogP contribution is 2.31. The number of hydrogen-bond donors (Lipinski definition) is 0. The third kappa shape index (κ3) is 2.29. The predicted octanol–water partition coefficient (Wildman–Crippen LogP) is 3.09. The van der Waals surface area contributed by atoms with Gasteiger partial charge in [-0.1, -0.05) is 29.3 Å². The van der Waals surface area contributed by atoms with Crippen molar-refractivity contribution in [1.82, 2.24) is 19.6 Å². The summed E-state index contributed by atoms with van der Waals surface area (Å²) in [5.74, 6) is 0. The van der Waals surface area contributed by atoms with E-state index in [1.165, 1.54) is 9.36 Å². The lowest BCUT2D eigenvalue weighted by atomic mass is 10.2. The second-order valence-corrected chi connectivity index (χ2v) is 5.69. The fourth-order valence-electron chi connectivity index (χ4n) is 2.48. The topological polar surface area (TPSA) is 76.5 Å². The van der Waals surface area contributed by atoms with Crippen LogP contribution in [0.25, 0.3) is 16.6 Å². The number of nitrogens with zero attached hydrogens (tertiary/aromatic N) is 5. The highest BCUT2D eigenvalue weighted by Gasteiger charge is 2.21. The second-order valence-electron chi connectivity index (χ2n) is 4.87. The number of benzene rings is 1. The maximum Gasteiger partial charge on any atom is 0.295 e. The van der Waals surface area contributed by atoms with E-state index in [0.717, 1.165) is 0 Å². The Kier molecular flexibility index (Phi) is 3.84. The Bertz CT molecular complexity index is 1010. The van der Waals surface area contributed by atoms with E-state index in [1.54, 1.807) is 32.0 Å². The van der Waals surface area contributed by atoms with Crippen molar-refractivity contribution >= 4 is 34.1 Å². The van der Waals surface area contributed by atoms with Gasteiger partial charge in [-0.25, -0.2) is 9.36 Å². The Morgan fingerprint density at radius 3 is 2.48 bits per heavy atom. The van der Waals surface area contributed by atoms with Crippen LogP contribution in [-0.4, -0.2) is 19.6 Å². The van der Waals surface area contributed by atoms with Gasteiger partial charge in [-0.05, 0) is 26.0 Å². The van der Waals surface area contributed by atoms with Crippen LogP contribution in [0.15, 0.2) is 23.0 Å². The first-order valence-corrected chi connectivity index (χ1v) is 7.60. The van der Waals surface area contributed by atoms with Gasteiger partial charge in [0.2, 0.25) is 0 Å². The maximum absolute atomic E-state index is 12.4. The van der Waals surface area contributed by atoms with Crippen molar-refractivity contribution in [2.45, 2.75) is 20.4 Å². The molecule has 6 nitrogen and oxygen atoms in total. The van der Waals surface area contributed by atoms with Gasteiger partial charge in [-0.2, -0.15) is 15.5 Å². The van der Waals surface area contributed by atoms with E-state index in [1.807, 2.05) is 6.07 Å². The first kappa shape index (κ1) is 15.5. The lowest BCUT2D eigenvalue weighted by Crippen LogP contribution is -2.23. The molecule has 116 valence electrons.